The van der Waals surface area contributed by atoms with Gasteiger partial charge in [0.25, 0.3) is 0 Å². The number of para-hydroxylation sites is 1. The van der Waals surface area contributed by atoms with Gasteiger partial charge < -0.3 is 10.1 Å². The summed E-state index contributed by atoms with van der Waals surface area (Å²) < 4.78 is 5.67. The molecule has 1 saturated carbocycles. The molecule has 0 radical (unpaired) electrons. The van der Waals surface area contributed by atoms with E-state index in [0.29, 0.717) is 12.4 Å². The van der Waals surface area contributed by atoms with Crippen molar-refractivity contribution in [2.24, 2.45) is 5.92 Å². The molecular formula is C14H14N4O2. The van der Waals surface area contributed by atoms with Crippen LogP contribution in [0.5, 0.6) is 5.75 Å². The van der Waals surface area contributed by atoms with Crippen molar-refractivity contribution in [1.82, 2.24) is 15.4 Å². The van der Waals surface area contributed by atoms with Crippen LogP contribution < -0.4 is 10.1 Å². The van der Waals surface area contributed by atoms with Gasteiger partial charge in [-0.05, 0) is 18.9 Å². The number of anilines is 1. The molecule has 1 aliphatic heterocycles. The smallest absolute Gasteiger partial charge is 0.229 e. The van der Waals surface area contributed by atoms with Crippen LogP contribution in [0.1, 0.15) is 18.4 Å². The molecule has 2 aliphatic rings. The largest absolute Gasteiger partial charge is 0.493 e. The number of aromatic amines is 1. The normalized spacial score (nSPS) is 26.7. The molecule has 1 spiro atoms. The van der Waals surface area contributed by atoms with Crippen molar-refractivity contribution in [2.75, 3.05) is 11.9 Å². The number of fused-ring (bicyclic) bond motifs is 2. The second kappa shape index (κ2) is 4.06. The summed E-state index contributed by atoms with van der Waals surface area (Å²) >= 11 is 0. The molecule has 0 saturated heterocycles. The zero-order valence-corrected chi connectivity index (χ0v) is 10.8. The van der Waals surface area contributed by atoms with Crippen molar-refractivity contribution in [3.63, 3.8) is 0 Å². The maximum absolute atomic E-state index is 12.3. The maximum atomic E-state index is 12.3. The van der Waals surface area contributed by atoms with Crippen LogP contribution in [0.2, 0.25) is 0 Å². The fraction of sp³-hybridized carbons (Fsp3) is 0.357. The van der Waals surface area contributed by atoms with Gasteiger partial charge >= 0.3 is 0 Å². The highest BCUT2D eigenvalue weighted by atomic mass is 16.5. The number of carbonyl (C=O) groups is 1. The van der Waals surface area contributed by atoms with Gasteiger partial charge in [0.1, 0.15) is 5.75 Å². The zero-order valence-electron chi connectivity index (χ0n) is 10.8. The molecule has 20 heavy (non-hydrogen) atoms. The monoisotopic (exact) mass is 270 g/mol. The third kappa shape index (κ3) is 1.61. The molecule has 2 aromatic rings. The summed E-state index contributed by atoms with van der Waals surface area (Å²) in [7, 11) is 0. The molecule has 1 amide bonds. The van der Waals surface area contributed by atoms with Crippen molar-refractivity contribution in [1.29, 1.82) is 0 Å². The minimum atomic E-state index is -0.0529. The van der Waals surface area contributed by atoms with Crippen molar-refractivity contribution in [2.45, 2.75) is 18.3 Å². The van der Waals surface area contributed by atoms with Crippen LogP contribution in [0.4, 0.5) is 5.82 Å². The minimum Gasteiger partial charge on any atom is -0.493 e. The third-order valence-corrected chi connectivity index (χ3v) is 4.29. The van der Waals surface area contributed by atoms with Crippen LogP contribution in [0.15, 0.2) is 30.5 Å². The van der Waals surface area contributed by atoms with Crippen LogP contribution >= 0.6 is 0 Å². The lowest BCUT2D eigenvalue weighted by atomic mass is 9.87. The molecule has 0 bridgehead atoms. The Morgan fingerprint density at radius 3 is 3.20 bits per heavy atom. The number of rotatable bonds is 2. The summed E-state index contributed by atoms with van der Waals surface area (Å²) in [6.45, 7) is 0.671. The summed E-state index contributed by atoms with van der Waals surface area (Å²) in [5.74, 6) is 1.38. The molecule has 2 N–H and O–H groups in total. The number of hydrogen-bond acceptors (Lipinski definition) is 4. The highest BCUT2D eigenvalue weighted by molar-refractivity contribution is 5.95. The van der Waals surface area contributed by atoms with Gasteiger partial charge in [0.05, 0.1) is 12.8 Å². The van der Waals surface area contributed by atoms with Gasteiger partial charge in [0, 0.05) is 16.9 Å². The number of ether oxygens (including phenoxy) is 1. The second-order valence-electron chi connectivity index (χ2n) is 5.35. The van der Waals surface area contributed by atoms with E-state index in [0.717, 1.165) is 24.2 Å². The van der Waals surface area contributed by atoms with E-state index in [-0.39, 0.29) is 17.2 Å². The van der Waals surface area contributed by atoms with E-state index in [1.165, 1.54) is 6.20 Å². The van der Waals surface area contributed by atoms with Crippen molar-refractivity contribution in [3.8, 4) is 5.75 Å². The van der Waals surface area contributed by atoms with E-state index >= 15 is 0 Å². The molecule has 1 fully saturated rings. The Kier molecular flexibility index (Phi) is 2.33. The molecule has 0 unspecified atom stereocenters. The summed E-state index contributed by atoms with van der Waals surface area (Å²) in [6, 6.07) is 8.00. The van der Waals surface area contributed by atoms with Crippen LogP contribution in [0.25, 0.3) is 0 Å². The first-order valence-corrected chi connectivity index (χ1v) is 6.68. The predicted octanol–water partition coefficient (Wildman–Crippen LogP) is 1.48. The average molecular weight is 270 g/mol. The highest BCUT2D eigenvalue weighted by Gasteiger charge is 2.61. The lowest BCUT2D eigenvalue weighted by Crippen LogP contribution is -2.26. The fourth-order valence-electron chi connectivity index (χ4n) is 3.18. The molecule has 2 atom stereocenters. The van der Waals surface area contributed by atoms with Gasteiger partial charge in [-0.25, -0.2) is 0 Å². The Morgan fingerprint density at radius 1 is 1.45 bits per heavy atom. The minimum absolute atomic E-state index is 0.00982. The number of benzene rings is 1. The Hall–Kier alpha value is -2.37. The topological polar surface area (TPSA) is 79.9 Å². The standard InChI is InChI=1S/C14H14N4O2/c19-13(16-12-8-15-18-17-12)10-7-14(10)5-6-20-11-4-2-1-3-9(11)14/h1-4,8,10H,5-7H2,(H2,15,16,17,18,19)/t10-,14-/m0/s1. The molecule has 4 rings (SSSR count). The number of amides is 1. The molecule has 6 heteroatoms. The molecule has 1 aliphatic carbocycles. The van der Waals surface area contributed by atoms with E-state index in [9.17, 15) is 4.79 Å². The Bertz CT molecular complexity index is 655. The van der Waals surface area contributed by atoms with Crippen LogP contribution in [0.3, 0.4) is 0 Å². The first-order valence-electron chi connectivity index (χ1n) is 6.68. The maximum Gasteiger partial charge on any atom is 0.229 e. The van der Waals surface area contributed by atoms with Crippen LogP contribution in [0, 0.1) is 5.92 Å². The van der Waals surface area contributed by atoms with E-state index in [2.05, 4.69) is 26.8 Å². The summed E-state index contributed by atoms with van der Waals surface area (Å²) in [6.07, 6.45) is 3.27. The van der Waals surface area contributed by atoms with Crippen molar-refractivity contribution >= 4 is 11.7 Å². The van der Waals surface area contributed by atoms with Crippen molar-refractivity contribution < 1.29 is 9.53 Å². The molecular weight excluding hydrogens is 256 g/mol. The van der Waals surface area contributed by atoms with Gasteiger partial charge in [-0.3, -0.25) is 4.79 Å². The third-order valence-electron chi connectivity index (χ3n) is 4.29. The zero-order chi connectivity index (χ0) is 13.6. The lowest BCUT2D eigenvalue weighted by molar-refractivity contribution is -0.117. The van der Waals surface area contributed by atoms with E-state index in [1.807, 2.05) is 18.2 Å². The van der Waals surface area contributed by atoms with Crippen molar-refractivity contribution in [3.05, 3.63) is 36.0 Å². The quantitative estimate of drug-likeness (QED) is 0.866. The van der Waals surface area contributed by atoms with Gasteiger partial charge in [-0.1, -0.05) is 18.2 Å². The Balaban J connectivity index is 1.58. The first kappa shape index (κ1) is 11.5. The van der Waals surface area contributed by atoms with Gasteiger partial charge in [-0.15, -0.1) is 5.10 Å². The summed E-state index contributed by atoms with van der Waals surface area (Å²) in [5.41, 5.74) is 1.11. The number of carbonyl (C=O) groups excluding carboxylic acids is 1. The molecule has 2 heterocycles. The van der Waals surface area contributed by atoms with E-state index < -0.39 is 0 Å². The Morgan fingerprint density at radius 2 is 2.35 bits per heavy atom. The number of H-pyrrole nitrogens is 1. The number of nitrogens with one attached hydrogen (secondary N) is 2. The van der Waals surface area contributed by atoms with Gasteiger partial charge in [0.15, 0.2) is 5.82 Å². The Labute approximate surface area is 115 Å². The van der Waals surface area contributed by atoms with E-state index in [4.69, 9.17) is 4.74 Å². The van der Waals surface area contributed by atoms with Gasteiger partial charge in [0.2, 0.25) is 5.91 Å². The molecule has 1 aromatic carbocycles. The van der Waals surface area contributed by atoms with Crippen LogP contribution in [-0.4, -0.2) is 27.9 Å². The summed E-state index contributed by atoms with van der Waals surface area (Å²) in [4.78, 5) is 12.3. The average Bonchev–Trinajstić information content (AvgIpc) is 2.95. The number of nitrogens with zero attached hydrogens (tertiary/aromatic N) is 2. The molecule has 6 nitrogen and oxygen atoms in total. The number of aromatic nitrogens is 3. The van der Waals surface area contributed by atoms with Crippen LogP contribution in [-0.2, 0) is 10.2 Å². The fourth-order valence-corrected chi connectivity index (χ4v) is 3.18. The SMILES string of the molecule is O=C(Nc1cn[nH]n1)[C@@H]1C[C@]12CCOc1ccccc12. The van der Waals surface area contributed by atoms with E-state index in [1.54, 1.807) is 0 Å². The first-order chi connectivity index (χ1) is 9.79. The predicted molar refractivity (Wildman–Crippen MR) is 71.4 cm³/mol. The second-order valence-corrected chi connectivity index (χ2v) is 5.35. The summed E-state index contributed by atoms with van der Waals surface area (Å²) in [5, 5.41) is 12.8. The lowest BCUT2D eigenvalue weighted by Gasteiger charge is -2.26. The molecule has 1 aromatic heterocycles. The van der Waals surface area contributed by atoms with Gasteiger partial charge in [-0.2, -0.15) is 10.3 Å². The number of hydrogen-bond donors (Lipinski definition) is 2. The molecule has 102 valence electrons. The highest BCUT2D eigenvalue weighted by Crippen LogP contribution is 2.60.